The van der Waals surface area contributed by atoms with Gasteiger partial charge in [-0.1, -0.05) is 133 Å². The first-order chi connectivity index (χ1) is 27.7. The number of benzene rings is 7. The first-order valence-electron chi connectivity index (χ1n) is 18.5. The highest BCUT2D eigenvalue weighted by Gasteiger charge is 2.20. The fraction of sp³-hybridized carbons (Fsp3) is 0. The summed E-state index contributed by atoms with van der Waals surface area (Å²) >= 11 is 0. The van der Waals surface area contributed by atoms with Crippen molar-refractivity contribution in [2.45, 2.75) is 0 Å². The van der Waals surface area contributed by atoms with Gasteiger partial charge in [-0.2, -0.15) is 0 Å². The molecule has 0 aliphatic carbocycles. The number of rotatable bonds is 6. The first kappa shape index (κ1) is 31.8. The summed E-state index contributed by atoms with van der Waals surface area (Å²) in [4.78, 5) is 19.5. The Morgan fingerprint density at radius 1 is 0.339 bits per heavy atom. The minimum atomic E-state index is 0.591. The van der Waals surface area contributed by atoms with Gasteiger partial charge < -0.3 is 8.83 Å². The maximum absolute atomic E-state index is 6.68. The predicted molar refractivity (Wildman–Crippen MR) is 225 cm³/mol. The lowest BCUT2D eigenvalue weighted by molar-refractivity contribution is 0.669. The van der Waals surface area contributed by atoms with E-state index in [1.54, 1.807) is 6.20 Å². The van der Waals surface area contributed by atoms with Crippen LogP contribution in [-0.4, -0.2) is 19.9 Å². The molecule has 0 saturated heterocycles. The molecule has 56 heavy (non-hydrogen) atoms. The fourth-order valence-electron chi connectivity index (χ4n) is 7.78. The lowest BCUT2D eigenvalue weighted by atomic mass is 9.93. The molecule has 0 atom stereocenters. The predicted octanol–water partition coefficient (Wildman–Crippen LogP) is 13.1. The van der Waals surface area contributed by atoms with Crippen LogP contribution in [-0.2, 0) is 0 Å². The molecule has 0 bridgehead atoms. The van der Waals surface area contributed by atoms with E-state index in [-0.39, 0.29) is 0 Å². The summed E-state index contributed by atoms with van der Waals surface area (Å²) < 4.78 is 12.8. The summed E-state index contributed by atoms with van der Waals surface area (Å²) in [5, 5.41) is 4.35. The normalized spacial score (nSPS) is 11.6. The van der Waals surface area contributed by atoms with E-state index < -0.39 is 0 Å². The maximum Gasteiger partial charge on any atom is 0.164 e. The van der Waals surface area contributed by atoms with E-state index in [2.05, 4.69) is 102 Å². The molecule has 6 heteroatoms. The average Bonchev–Trinajstić information content (AvgIpc) is 3.85. The Balaban J connectivity index is 1.03. The minimum absolute atomic E-state index is 0.591. The van der Waals surface area contributed by atoms with Gasteiger partial charge in [0.1, 0.15) is 22.3 Å². The second-order valence-electron chi connectivity index (χ2n) is 13.8. The molecule has 11 aromatic rings. The molecule has 0 aliphatic heterocycles. The van der Waals surface area contributed by atoms with Crippen molar-refractivity contribution in [3.8, 4) is 67.5 Å². The molecule has 4 aromatic heterocycles. The summed E-state index contributed by atoms with van der Waals surface area (Å²) in [5.41, 5.74) is 12.4. The number of pyridine rings is 1. The third-order valence-corrected chi connectivity index (χ3v) is 10.5. The Labute approximate surface area is 321 Å². The molecule has 0 spiro atoms. The molecule has 0 amide bonds. The van der Waals surface area contributed by atoms with Gasteiger partial charge in [0, 0.05) is 61.8 Å². The number of para-hydroxylation sites is 2. The van der Waals surface area contributed by atoms with Gasteiger partial charge in [-0.05, 0) is 58.7 Å². The molecular formula is C50H30N4O2. The van der Waals surface area contributed by atoms with Crippen molar-refractivity contribution >= 4 is 43.9 Å². The summed E-state index contributed by atoms with van der Waals surface area (Å²) in [6.45, 7) is 0. The largest absolute Gasteiger partial charge is 0.456 e. The van der Waals surface area contributed by atoms with Gasteiger partial charge in [-0.25, -0.2) is 15.0 Å². The van der Waals surface area contributed by atoms with E-state index in [4.69, 9.17) is 23.8 Å². The highest BCUT2D eigenvalue weighted by Crippen LogP contribution is 2.43. The molecule has 0 aliphatic rings. The van der Waals surface area contributed by atoms with E-state index in [9.17, 15) is 0 Å². The molecule has 7 aromatic carbocycles. The minimum Gasteiger partial charge on any atom is -0.456 e. The quantitative estimate of drug-likeness (QED) is 0.170. The monoisotopic (exact) mass is 718 g/mol. The van der Waals surface area contributed by atoms with Crippen LogP contribution in [0.3, 0.4) is 0 Å². The van der Waals surface area contributed by atoms with Crippen molar-refractivity contribution in [2.75, 3.05) is 0 Å². The third-order valence-electron chi connectivity index (χ3n) is 10.5. The zero-order valence-corrected chi connectivity index (χ0v) is 29.9. The van der Waals surface area contributed by atoms with Crippen molar-refractivity contribution < 1.29 is 8.83 Å². The zero-order valence-electron chi connectivity index (χ0n) is 29.9. The van der Waals surface area contributed by atoms with Crippen LogP contribution < -0.4 is 0 Å². The van der Waals surface area contributed by atoms with E-state index in [0.29, 0.717) is 17.5 Å². The number of hydrogen-bond donors (Lipinski definition) is 0. The molecule has 11 rings (SSSR count). The number of fused-ring (bicyclic) bond motifs is 6. The van der Waals surface area contributed by atoms with Crippen LogP contribution in [0.4, 0.5) is 0 Å². The number of hydrogen-bond acceptors (Lipinski definition) is 6. The molecule has 0 saturated carbocycles. The second-order valence-corrected chi connectivity index (χ2v) is 13.8. The van der Waals surface area contributed by atoms with E-state index in [0.717, 1.165) is 93.9 Å². The number of furan rings is 2. The van der Waals surface area contributed by atoms with Crippen LogP contribution in [0.2, 0.25) is 0 Å². The fourth-order valence-corrected chi connectivity index (χ4v) is 7.78. The van der Waals surface area contributed by atoms with E-state index >= 15 is 0 Å². The first-order valence-corrected chi connectivity index (χ1v) is 18.5. The number of nitrogens with zero attached hydrogens (tertiary/aromatic N) is 4. The van der Waals surface area contributed by atoms with Crippen LogP contribution in [0.5, 0.6) is 0 Å². The second kappa shape index (κ2) is 13.0. The zero-order chi connectivity index (χ0) is 37.0. The summed E-state index contributed by atoms with van der Waals surface area (Å²) in [7, 11) is 0. The Morgan fingerprint density at radius 2 is 0.929 bits per heavy atom. The van der Waals surface area contributed by atoms with Crippen LogP contribution >= 0.6 is 0 Å². The van der Waals surface area contributed by atoms with Crippen molar-refractivity contribution in [3.63, 3.8) is 0 Å². The van der Waals surface area contributed by atoms with Gasteiger partial charge in [0.2, 0.25) is 0 Å². The highest BCUT2D eigenvalue weighted by atomic mass is 16.3. The molecule has 0 fully saturated rings. The van der Waals surface area contributed by atoms with Crippen molar-refractivity contribution in [3.05, 3.63) is 182 Å². The summed E-state index contributed by atoms with van der Waals surface area (Å²) in [6, 6.07) is 57.9. The van der Waals surface area contributed by atoms with Crippen LogP contribution in [0.1, 0.15) is 0 Å². The molecule has 0 unspecified atom stereocenters. The van der Waals surface area contributed by atoms with Crippen molar-refractivity contribution in [1.82, 2.24) is 19.9 Å². The summed E-state index contributed by atoms with van der Waals surface area (Å²) in [5.74, 6) is 1.79. The Morgan fingerprint density at radius 3 is 1.71 bits per heavy atom. The van der Waals surface area contributed by atoms with Gasteiger partial charge in [0.15, 0.2) is 17.5 Å². The molecule has 0 radical (unpaired) electrons. The van der Waals surface area contributed by atoms with Crippen LogP contribution in [0, 0.1) is 0 Å². The Bertz CT molecular complexity index is 3240. The van der Waals surface area contributed by atoms with Crippen molar-refractivity contribution in [2.24, 2.45) is 0 Å². The third kappa shape index (κ3) is 5.35. The van der Waals surface area contributed by atoms with Gasteiger partial charge in [0.05, 0.1) is 0 Å². The molecule has 6 nitrogen and oxygen atoms in total. The lowest BCUT2D eigenvalue weighted by Crippen LogP contribution is -2.01. The Hall–Kier alpha value is -7.70. The number of aromatic nitrogens is 4. The van der Waals surface area contributed by atoms with Gasteiger partial charge >= 0.3 is 0 Å². The highest BCUT2D eigenvalue weighted by molar-refractivity contribution is 6.17. The SMILES string of the molecule is c1ccc(-c2nc(-c3ccc(-c4ccc(-c5ccc6oc7ccccc7c6c5)c5c4oc4ccccc45)cc3)nc(-c3ccccc3-c3cccnc3)n2)cc1. The Kier molecular flexibility index (Phi) is 7.38. The van der Waals surface area contributed by atoms with Crippen LogP contribution in [0.25, 0.3) is 111 Å². The standard InChI is InChI=1S/C50H30N4O2/c1-2-11-32(12-3-1)48-52-49(54-50(53-48)40-16-5-4-14-36(40)35-13-10-28-51-30-35)33-22-20-31(21-23-33)38-26-25-37(46-41-17-7-9-19-44(41)56-47(38)46)34-24-27-45-42(29-34)39-15-6-8-18-43(39)55-45/h1-30H. The van der Waals surface area contributed by atoms with Gasteiger partial charge in [-0.15, -0.1) is 0 Å². The van der Waals surface area contributed by atoms with E-state index in [1.807, 2.05) is 79.0 Å². The molecule has 4 heterocycles. The average molecular weight is 719 g/mol. The molecule has 262 valence electrons. The van der Waals surface area contributed by atoms with Crippen molar-refractivity contribution in [1.29, 1.82) is 0 Å². The molecular weight excluding hydrogens is 689 g/mol. The molecule has 0 N–H and O–H groups in total. The maximum atomic E-state index is 6.68. The summed E-state index contributed by atoms with van der Waals surface area (Å²) in [6.07, 6.45) is 3.64. The smallest absolute Gasteiger partial charge is 0.164 e. The van der Waals surface area contributed by atoms with E-state index in [1.165, 1.54) is 0 Å². The topological polar surface area (TPSA) is 77.8 Å². The van der Waals surface area contributed by atoms with Gasteiger partial charge in [0.25, 0.3) is 0 Å². The van der Waals surface area contributed by atoms with Crippen LogP contribution in [0.15, 0.2) is 191 Å². The lowest BCUT2D eigenvalue weighted by Gasteiger charge is -2.12. The van der Waals surface area contributed by atoms with Gasteiger partial charge in [-0.3, -0.25) is 4.98 Å².